The SMILES string of the molecule is COc1ccccc1C(C)(O)c1ccncc1F. The van der Waals surface area contributed by atoms with Crippen molar-refractivity contribution < 1.29 is 14.2 Å². The van der Waals surface area contributed by atoms with Gasteiger partial charge in [0.2, 0.25) is 0 Å². The van der Waals surface area contributed by atoms with Gasteiger partial charge in [0, 0.05) is 17.3 Å². The van der Waals surface area contributed by atoms with E-state index in [0.29, 0.717) is 11.3 Å². The van der Waals surface area contributed by atoms with E-state index in [0.717, 1.165) is 6.20 Å². The molecule has 0 aliphatic carbocycles. The highest BCUT2D eigenvalue weighted by atomic mass is 19.1. The number of benzene rings is 1. The Kier molecular flexibility index (Phi) is 3.30. The molecular weight excluding hydrogens is 233 g/mol. The van der Waals surface area contributed by atoms with E-state index >= 15 is 0 Å². The van der Waals surface area contributed by atoms with Crippen molar-refractivity contribution in [3.63, 3.8) is 0 Å². The first-order chi connectivity index (χ1) is 8.57. The average Bonchev–Trinajstić information content (AvgIpc) is 2.39. The Morgan fingerprint density at radius 1 is 1.22 bits per heavy atom. The first-order valence-electron chi connectivity index (χ1n) is 5.53. The second-order valence-electron chi connectivity index (χ2n) is 4.13. The van der Waals surface area contributed by atoms with E-state index < -0.39 is 11.4 Å². The van der Waals surface area contributed by atoms with Crippen LogP contribution in [-0.2, 0) is 5.60 Å². The van der Waals surface area contributed by atoms with E-state index in [1.165, 1.54) is 26.3 Å². The van der Waals surface area contributed by atoms with Crippen LogP contribution < -0.4 is 4.74 Å². The monoisotopic (exact) mass is 247 g/mol. The minimum absolute atomic E-state index is 0.169. The van der Waals surface area contributed by atoms with E-state index in [1.807, 2.05) is 0 Å². The number of methoxy groups -OCH3 is 1. The van der Waals surface area contributed by atoms with Crippen LogP contribution in [0, 0.1) is 5.82 Å². The second-order valence-corrected chi connectivity index (χ2v) is 4.13. The average molecular weight is 247 g/mol. The molecule has 1 heterocycles. The zero-order valence-electron chi connectivity index (χ0n) is 10.2. The van der Waals surface area contributed by atoms with Gasteiger partial charge in [-0.3, -0.25) is 4.98 Å². The molecule has 0 saturated carbocycles. The lowest BCUT2D eigenvalue weighted by Gasteiger charge is -2.26. The molecule has 0 radical (unpaired) electrons. The van der Waals surface area contributed by atoms with Gasteiger partial charge >= 0.3 is 0 Å². The van der Waals surface area contributed by atoms with Gasteiger partial charge < -0.3 is 9.84 Å². The van der Waals surface area contributed by atoms with Gasteiger partial charge in [-0.1, -0.05) is 18.2 Å². The van der Waals surface area contributed by atoms with Crippen LogP contribution in [0.2, 0.25) is 0 Å². The fraction of sp³-hybridized carbons (Fsp3) is 0.214. The van der Waals surface area contributed by atoms with Crippen molar-refractivity contribution in [2.24, 2.45) is 0 Å². The number of hydrogen-bond acceptors (Lipinski definition) is 3. The Hall–Kier alpha value is -1.94. The molecule has 0 bridgehead atoms. The fourth-order valence-corrected chi connectivity index (χ4v) is 1.96. The van der Waals surface area contributed by atoms with E-state index in [4.69, 9.17) is 4.74 Å². The number of nitrogens with zero attached hydrogens (tertiary/aromatic N) is 1. The van der Waals surface area contributed by atoms with Crippen LogP contribution in [0.1, 0.15) is 18.1 Å². The molecule has 1 unspecified atom stereocenters. The molecule has 0 fully saturated rings. The summed E-state index contributed by atoms with van der Waals surface area (Å²) in [6.45, 7) is 1.53. The predicted octanol–water partition coefficient (Wildman–Crippen LogP) is 2.49. The molecule has 0 aliphatic rings. The number of halogens is 1. The molecule has 3 nitrogen and oxygen atoms in total. The molecule has 0 amide bonds. The molecule has 4 heteroatoms. The molecule has 0 spiro atoms. The van der Waals surface area contributed by atoms with Crippen LogP contribution in [0.5, 0.6) is 5.75 Å². The highest BCUT2D eigenvalue weighted by Gasteiger charge is 2.31. The molecule has 1 aromatic heterocycles. The van der Waals surface area contributed by atoms with Crippen LogP contribution in [-0.4, -0.2) is 17.2 Å². The van der Waals surface area contributed by atoms with Crippen molar-refractivity contribution in [3.05, 3.63) is 59.7 Å². The molecule has 0 saturated heterocycles. The molecule has 94 valence electrons. The second kappa shape index (κ2) is 4.74. The first-order valence-corrected chi connectivity index (χ1v) is 5.53. The normalized spacial score (nSPS) is 14.0. The van der Waals surface area contributed by atoms with Crippen LogP contribution in [0.3, 0.4) is 0 Å². The predicted molar refractivity (Wildman–Crippen MR) is 65.9 cm³/mol. The number of hydrogen-bond donors (Lipinski definition) is 1. The largest absolute Gasteiger partial charge is 0.496 e. The van der Waals surface area contributed by atoms with Gasteiger partial charge in [-0.25, -0.2) is 4.39 Å². The molecule has 1 aromatic carbocycles. The maximum atomic E-state index is 13.7. The Morgan fingerprint density at radius 2 is 1.94 bits per heavy atom. The molecule has 2 rings (SSSR count). The van der Waals surface area contributed by atoms with Crippen molar-refractivity contribution >= 4 is 0 Å². The van der Waals surface area contributed by atoms with Crippen molar-refractivity contribution in [2.75, 3.05) is 7.11 Å². The van der Waals surface area contributed by atoms with Crippen LogP contribution >= 0.6 is 0 Å². The molecule has 1 N–H and O–H groups in total. The summed E-state index contributed by atoms with van der Waals surface area (Å²) in [5, 5.41) is 10.6. The highest BCUT2D eigenvalue weighted by molar-refractivity contribution is 5.43. The summed E-state index contributed by atoms with van der Waals surface area (Å²) in [6.07, 6.45) is 2.53. The van der Waals surface area contributed by atoms with Gasteiger partial charge in [0.1, 0.15) is 17.2 Å². The number of aliphatic hydroxyl groups is 1. The van der Waals surface area contributed by atoms with E-state index in [-0.39, 0.29) is 5.56 Å². The van der Waals surface area contributed by atoms with Crippen LogP contribution in [0.15, 0.2) is 42.7 Å². The van der Waals surface area contributed by atoms with Crippen molar-refractivity contribution in [1.29, 1.82) is 0 Å². The lowest BCUT2D eigenvalue weighted by molar-refractivity contribution is 0.0946. The van der Waals surface area contributed by atoms with Gasteiger partial charge in [0.15, 0.2) is 0 Å². The van der Waals surface area contributed by atoms with E-state index in [1.54, 1.807) is 24.3 Å². The van der Waals surface area contributed by atoms with Gasteiger partial charge in [0.25, 0.3) is 0 Å². The minimum Gasteiger partial charge on any atom is -0.496 e. The van der Waals surface area contributed by atoms with Crippen LogP contribution in [0.25, 0.3) is 0 Å². The number of aromatic nitrogens is 1. The van der Waals surface area contributed by atoms with Crippen molar-refractivity contribution in [3.8, 4) is 5.75 Å². The van der Waals surface area contributed by atoms with Crippen LogP contribution in [0.4, 0.5) is 4.39 Å². The summed E-state index contributed by atoms with van der Waals surface area (Å²) in [5.41, 5.74) is -0.792. The summed E-state index contributed by atoms with van der Waals surface area (Å²) in [6, 6.07) is 8.45. The zero-order valence-corrected chi connectivity index (χ0v) is 10.2. The topological polar surface area (TPSA) is 42.4 Å². The zero-order chi connectivity index (χ0) is 13.2. The smallest absolute Gasteiger partial charge is 0.147 e. The maximum absolute atomic E-state index is 13.7. The summed E-state index contributed by atoms with van der Waals surface area (Å²) >= 11 is 0. The highest BCUT2D eigenvalue weighted by Crippen LogP contribution is 2.35. The summed E-state index contributed by atoms with van der Waals surface area (Å²) in [5.74, 6) is -0.0351. The first kappa shape index (κ1) is 12.5. The third kappa shape index (κ3) is 2.07. The van der Waals surface area contributed by atoms with Gasteiger partial charge in [-0.2, -0.15) is 0 Å². The third-order valence-corrected chi connectivity index (χ3v) is 2.93. The Labute approximate surface area is 105 Å². The minimum atomic E-state index is -1.47. The molecule has 2 aromatic rings. The number of para-hydroxylation sites is 1. The quantitative estimate of drug-likeness (QED) is 0.906. The summed E-state index contributed by atoms with van der Waals surface area (Å²) in [4.78, 5) is 3.68. The number of pyridine rings is 1. The molecule has 1 atom stereocenters. The van der Waals surface area contributed by atoms with Gasteiger partial charge in [0.05, 0.1) is 13.3 Å². The lowest BCUT2D eigenvalue weighted by Crippen LogP contribution is -2.25. The van der Waals surface area contributed by atoms with Crippen molar-refractivity contribution in [1.82, 2.24) is 4.98 Å². The van der Waals surface area contributed by atoms with E-state index in [2.05, 4.69) is 4.98 Å². The lowest BCUT2D eigenvalue weighted by atomic mass is 9.88. The van der Waals surface area contributed by atoms with Crippen molar-refractivity contribution in [2.45, 2.75) is 12.5 Å². The van der Waals surface area contributed by atoms with Gasteiger partial charge in [-0.15, -0.1) is 0 Å². The van der Waals surface area contributed by atoms with Gasteiger partial charge in [-0.05, 0) is 19.1 Å². The number of rotatable bonds is 3. The third-order valence-electron chi connectivity index (χ3n) is 2.93. The fourth-order valence-electron chi connectivity index (χ4n) is 1.96. The Bertz CT molecular complexity index is 555. The molecular formula is C14H14FNO2. The van der Waals surface area contributed by atoms with E-state index in [9.17, 15) is 9.50 Å². The Morgan fingerprint density at radius 3 is 2.61 bits per heavy atom. The summed E-state index contributed by atoms with van der Waals surface area (Å²) in [7, 11) is 1.51. The molecule has 0 aliphatic heterocycles. The standard InChI is InChI=1S/C14H14FNO2/c1-14(17,10-7-8-16-9-12(10)15)11-5-3-4-6-13(11)18-2/h3-9,17H,1-2H3. The maximum Gasteiger partial charge on any atom is 0.147 e. The summed E-state index contributed by atoms with van der Waals surface area (Å²) < 4.78 is 18.9. The molecule has 18 heavy (non-hydrogen) atoms. The Balaban J connectivity index is 2.58. The number of ether oxygens (including phenoxy) is 1.